The lowest BCUT2D eigenvalue weighted by Gasteiger charge is -2.44. The second-order valence-electron chi connectivity index (χ2n) is 7.53. The highest BCUT2D eigenvalue weighted by atomic mass is 32.2. The minimum Gasteiger partial charge on any atom is -0.743 e. The monoisotopic (exact) mass is 629 g/mol. The molecule has 0 aliphatic heterocycles. The Morgan fingerprint density at radius 2 is 0.737 bits per heavy atom. The number of hydrogen-bond donors (Lipinski definition) is 0. The van der Waals surface area contributed by atoms with Gasteiger partial charge in [0.15, 0.2) is 10.1 Å². The molecule has 0 bridgehead atoms. The number of nitrogens with zero attached hydrogens (tertiary/aromatic N) is 1. The molecule has 0 saturated heterocycles. The zero-order chi connectivity index (χ0) is 31.8. The van der Waals surface area contributed by atoms with Crippen LogP contribution in [0.4, 0.5) is 74.6 Å². The van der Waals surface area contributed by atoms with Gasteiger partial charge in [-0.1, -0.05) is 0 Å². The van der Waals surface area contributed by atoms with Gasteiger partial charge >= 0.3 is 47.0 Å². The second-order valence-corrected chi connectivity index (χ2v) is 8.95. The Kier molecular flexibility index (Phi) is 11.2. The summed E-state index contributed by atoms with van der Waals surface area (Å²) in [5, 5.41) is -7.99. The van der Waals surface area contributed by atoms with E-state index in [1.54, 1.807) is 0 Å². The topological polar surface area (TPSA) is 57.2 Å². The molecule has 0 spiro atoms. The standard InChI is InChI=1S/C8HF17O3S.C8H20N/c9-1(6(18,19)20,7(21,22)23)2(10,11)3(12,13)4(14,15)5(16,17)8(24,25)29(26,27)28;1-5-9(6-2,7-3)8-4/h(H,26,27,28);5-8H2,1-4H3/q;+1/p-1. The summed E-state index contributed by atoms with van der Waals surface area (Å²) in [6, 6.07) is 0. The van der Waals surface area contributed by atoms with Crippen LogP contribution in [-0.2, 0) is 10.1 Å². The lowest BCUT2D eigenvalue weighted by Crippen LogP contribution is -2.77. The summed E-state index contributed by atoms with van der Waals surface area (Å²) in [6.45, 7) is 14.2. The molecule has 0 fully saturated rings. The molecule has 0 N–H and O–H groups in total. The maximum Gasteiger partial charge on any atom is 0.438 e. The van der Waals surface area contributed by atoms with Gasteiger partial charge in [0.05, 0.1) is 26.2 Å². The highest BCUT2D eigenvalue weighted by Gasteiger charge is 2.97. The maximum atomic E-state index is 13.1. The van der Waals surface area contributed by atoms with E-state index in [2.05, 4.69) is 27.7 Å². The molecule has 38 heavy (non-hydrogen) atoms. The average Bonchev–Trinajstić information content (AvgIpc) is 2.72. The molecular weight excluding hydrogens is 609 g/mol. The number of hydrogen-bond acceptors (Lipinski definition) is 3. The third kappa shape index (κ3) is 5.75. The van der Waals surface area contributed by atoms with Crippen molar-refractivity contribution in [2.45, 2.75) is 74.7 Å². The molecule has 0 aromatic rings. The maximum absolute atomic E-state index is 13.1. The number of quaternary nitrogens is 1. The fraction of sp³-hybridized carbons (Fsp3) is 1.00. The van der Waals surface area contributed by atoms with E-state index in [1.165, 1.54) is 30.7 Å². The largest absolute Gasteiger partial charge is 0.743 e. The molecule has 4 nitrogen and oxygen atoms in total. The van der Waals surface area contributed by atoms with Gasteiger partial charge in [-0.3, -0.25) is 0 Å². The summed E-state index contributed by atoms with van der Waals surface area (Å²) in [6.07, 6.45) is -16.6. The minimum atomic E-state index is -9.02. The highest BCUT2D eigenvalue weighted by Crippen LogP contribution is 2.65. The summed E-state index contributed by atoms with van der Waals surface area (Å²) < 4.78 is 246. The van der Waals surface area contributed by atoms with Crippen LogP contribution in [-0.4, -0.2) is 90.6 Å². The van der Waals surface area contributed by atoms with Crippen LogP contribution in [0, 0.1) is 0 Å². The fourth-order valence-corrected chi connectivity index (χ4v) is 3.25. The average molecular weight is 629 g/mol. The predicted octanol–water partition coefficient (Wildman–Crippen LogP) is 6.38. The lowest BCUT2D eigenvalue weighted by atomic mass is 9.86. The predicted molar refractivity (Wildman–Crippen MR) is 92.8 cm³/mol. The van der Waals surface area contributed by atoms with Crippen LogP contribution in [0.15, 0.2) is 0 Å². The van der Waals surface area contributed by atoms with Crippen molar-refractivity contribution in [3.8, 4) is 0 Å². The number of halogens is 17. The Labute approximate surface area is 204 Å². The quantitative estimate of drug-likeness (QED) is 0.160. The minimum absolute atomic E-state index is 1.28. The van der Waals surface area contributed by atoms with Crippen molar-refractivity contribution in [1.29, 1.82) is 0 Å². The van der Waals surface area contributed by atoms with Gasteiger partial charge in [-0.2, -0.15) is 70.2 Å². The van der Waals surface area contributed by atoms with Crippen molar-refractivity contribution in [3.63, 3.8) is 0 Å². The first kappa shape index (κ1) is 38.8. The first-order valence-corrected chi connectivity index (χ1v) is 11.2. The highest BCUT2D eigenvalue weighted by molar-refractivity contribution is 7.86. The van der Waals surface area contributed by atoms with Gasteiger partial charge in [-0.15, -0.1) is 0 Å². The van der Waals surface area contributed by atoms with E-state index in [9.17, 15) is 87.6 Å². The Hall–Kier alpha value is -1.32. The molecule has 22 heteroatoms. The summed E-state index contributed by atoms with van der Waals surface area (Å²) >= 11 is 0. The van der Waals surface area contributed by atoms with Gasteiger partial charge in [0, 0.05) is 0 Å². The van der Waals surface area contributed by atoms with Gasteiger partial charge in [0.25, 0.3) is 0 Å². The van der Waals surface area contributed by atoms with Crippen LogP contribution >= 0.6 is 0 Å². The van der Waals surface area contributed by atoms with E-state index in [4.69, 9.17) is 0 Å². The van der Waals surface area contributed by atoms with Crippen LogP contribution in [0.25, 0.3) is 0 Å². The van der Waals surface area contributed by atoms with Crippen LogP contribution in [0.3, 0.4) is 0 Å². The van der Waals surface area contributed by atoms with Crippen molar-refractivity contribution >= 4 is 10.1 Å². The summed E-state index contributed by atoms with van der Waals surface area (Å²) in [4.78, 5) is 0. The third-order valence-corrected chi connectivity index (χ3v) is 6.64. The molecule has 0 aliphatic rings. The molecular formula is C16H20F17NO3S. The summed E-state index contributed by atoms with van der Waals surface area (Å²) in [5.41, 5.74) is -8.73. The van der Waals surface area contributed by atoms with Crippen molar-refractivity contribution in [2.24, 2.45) is 0 Å². The molecule has 0 atom stereocenters. The van der Waals surface area contributed by atoms with Crippen molar-refractivity contribution in [1.82, 2.24) is 0 Å². The van der Waals surface area contributed by atoms with Crippen molar-refractivity contribution in [2.75, 3.05) is 26.2 Å². The molecule has 0 aliphatic carbocycles. The van der Waals surface area contributed by atoms with E-state index >= 15 is 0 Å². The molecule has 0 amide bonds. The van der Waals surface area contributed by atoms with E-state index in [-0.39, 0.29) is 0 Å². The SMILES string of the molecule is CC[N+](CC)(CC)CC.O=S(=O)([O-])C(F)(F)C(F)(F)C(F)(F)C(F)(F)C(F)(F)C(F)(C(F)(F)F)C(F)(F)F. The zero-order valence-electron chi connectivity index (χ0n) is 19.3. The van der Waals surface area contributed by atoms with Crippen LogP contribution < -0.4 is 0 Å². The summed E-state index contributed by atoms with van der Waals surface area (Å²) in [5.74, 6) is -35.5. The first-order valence-electron chi connectivity index (χ1n) is 9.76. The molecule has 0 unspecified atom stereocenters. The van der Waals surface area contributed by atoms with Gasteiger partial charge in [0.2, 0.25) is 0 Å². The van der Waals surface area contributed by atoms with E-state index < -0.39 is 57.1 Å². The molecule has 0 aromatic carbocycles. The molecule has 0 heterocycles. The Bertz CT molecular complexity index is 860. The Balaban J connectivity index is 0. The first-order chi connectivity index (χ1) is 16.2. The Morgan fingerprint density at radius 1 is 0.500 bits per heavy atom. The second kappa shape index (κ2) is 10.9. The van der Waals surface area contributed by atoms with E-state index in [0.717, 1.165) is 0 Å². The van der Waals surface area contributed by atoms with Gasteiger partial charge < -0.3 is 9.04 Å². The fourth-order valence-electron chi connectivity index (χ4n) is 2.81. The summed E-state index contributed by atoms with van der Waals surface area (Å²) in [7, 11) is -8.17. The van der Waals surface area contributed by atoms with E-state index in [1.807, 2.05) is 0 Å². The van der Waals surface area contributed by atoms with Gasteiger partial charge in [-0.25, -0.2) is 12.8 Å². The lowest BCUT2D eigenvalue weighted by molar-refractivity contribution is -0.921. The normalized spacial score (nSPS) is 15.7. The van der Waals surface area contributed by atoms with Crippen LogP contribution in [0.1, 0.15) is 27.7 Å². The molecule has 232 valence electrons. The number of rotatable bonds is 10. The zero-order valence-corrected chi connectivity index (χ0v) is 20.2. The number of alkyl halides is 17. The molecule has 0 rings (SSSR count). The van der Waals surface area contributed by atoms with E-state index in [0.29, 0.717) is 0 Å². The van der Waals surface area contributed by atoms with Crippen molar-refractivity contribution < 1.29 is 92.1 Å². The van der Waals surface area contributed by atoms with Crippen molar-refractivity contribution in [3.05, 3.63) is 0 Å². The molecule has 0 radical (unpaired) electrons. The van der Waals surface area contributed by atoms with Gasteiger partial charge in [0.1, 0.15) is 0 Å². The third-order valence-electron chi connectivity index (χ3n) is 5.76. The van der Waals surface area contributed by atoms with Gasteiger partial charge in [-0.05, 0) is 27.7 Å². The van der Waals surface area contributed by atoms with Crippen LogP contribution in [0.2, 0.25) is 0 Å². The Morgan fingerprint density at radius 3 is 0.895 bits per heavy atom. The molecule has 0 saturated carbocycles. The van der Waals surface area contributed by atoms with Crippen LogP contribution in [0.5, 0.6) is 0 Å². The molecule has 0 aromatic heterocycles. The smallest absolute Gasteiger partial charge is 0.438 e.